The van der Waals surface area contributed by atoms with E-state index in [1.165, 1.54) is 4.90 Å². The molecule has 0 bridgehead atoms. The van der Waals surface area contributed by atoms with Crippen LogP contribution in [0.15, 0.2) is 48.5 Å². The van der Waals surface area contributed by atoms with Gasteiger partial charge in [-0.3, -0.25) is 4.79 Å². The summed E-state index contributed by atoms with van der Waals surface area (Å²) in [7, 11) is 0. The van der Waals surface area contributed by atoms with E-state index < -0.39 is 29.1 Å². The van der Waals surface area contributed by atoms with Crippen LogP contribution in [0, 0.1) is 5.41 Å². The fourth-order valence-corrected chi connectivity index (χ4v) is 5.80. The maximum absolute atomic E-state index is 13.6. The largest absolute Gasteiger partial charge is 0.480 e. The monoisotopic (exact) mass is 478 g/mol. The van der Waals surface area contributed by atoms with Gasteiger partial charge in [-0.15, -0.1) is 0 Å². The average Bonchev–Trinajstić information content (AvgIpc) is 3.15. The summed E-state index contributed by atoms with van der Waals surface area (Å²) >= 11 is 0. The Morgan fingerprint density at radius 3 is 2.14 bits per heavy atom. The van der Waals surface area contributed by atoms with Crippen molar-refractivity contribution in [2.75, 3.05) is 26.4 Å². The molecular formula is C27H30N2O6. The number of rotatable bonds is 5. The molecule has 3 aliphatic rings. The molecule has 1 atom stereocenters. The molecule has 2 N–H and O–H groups in total. The second-order valence-electron chi connectivity index (χ2n) is 10.3. The van der Waals surface area contributed by atoms with Gasteiger partial charge in [0.1, 0.15) is 18.2 Å². The van der Waals surface area contributed by atoms with Gasteiger partial charge in [0.15, 0.2) is 0 Å². The van der Waals surface area contributed by atoms with Crippen molar-refractivity contribution in [3.63, 3.8) is 0 Å². The number of nitrogens with one attached hydrogen (secondary N) is 1. The van der Waals surface area contributed by atoms with E-state index in [0.29, 0.717) is 19.8 Å². The number of carbonyl (C=O) groups is 3. The SMILES string of the molecule is CC1(C)CN(C(=O)C2(NC(=O)OCC3c4ccccc4-c4ccccc43)CCOCC2)C1C(=O)O. The number of fused-ring (bicyclic) bond motifs is 3. The number of benzene rings is 2. The van der Waals surface area contributed by atoms with Crippen molar-refractivity contribution in [2.24, 2.45) is 5.41 Å². The summed E-state index contributed by atoms with van der Waals surface area (Å²) in [5.74, 6) is -1.53. The highest BCUT2D eigenvalue weighted by molar-refractivity contribution is 5.94. The third kappa shape index (κ3) is 3.95. The van der Waals surface area contributed by atoms with Gasteiger partial charge in [-0.2, -0.15) is 0 Å². The number of carbonyl (C=O) groups excluding carboxylic acids is 2. The van der Waals surface area contributed by atoms with E-state index in [0.717, 1.165) is 22.3 Å². The van der Waals surface area contributed by atoms with E-state index >= 15 is 0 Å². The second-order valence-corrected chi connectivity index (χ2v) is 10.3. The quantitative estimate of drug-likeness (QED) is 0.683. The fraction of sp³-hybridized carbons (Fsp3) is 0.444. The molecule has 5 rings (SSSR count). The van der Waals surface area contributed by atoms with Crippen LogP contribution in [0.2, 0.25) is 0 Å². The fourth-order valence-electron chi connectivity index (χ4n) is 5.80. The number of aliphatic carboxylic acids is 1. The molecule has 0 spiro atoms. The second kappa shape index (κ2) is 8.68. The molecule has 2 aromatic carbocycles. The number of amides is 2. The number of alkyl carbamates (subject to hydrolysis) is 1. The Labute approximate surface area is 204 Å². The maximum Gasteiger partial charge on any atom is 0.408 e. The van der Waals surface area contributed by atoms with Gasteiger partial charge in [-0.1, -0.05) is 62.4 Å². The summed E-state index contributed by atoms with van der Waals surface area (Å²) in [5, 5.41) is 12.5. The number of carboxylic acids is 1. The first-order valence-electron chi connectivity index (χ1n) is 12.0. The van der Waals surface area contributed by atoms with Crippen LogP contribution in [-0.4, -0.2) is 65.9 Å². The summed E-state index contributed by atoms with van der Waals surface area (Å²) in [4.78, 5) is 39.8. The first kappa shape index (κ1) is 23.4. The van der Waals surface area contributed by atoms with Gasteiger partial charge in [0.2, 0.25) is 5.91 Å². The van der Waals surface area contributed by atoms with Crippen molar-refractivity contribution in [3.8, 4) is 11.1 Å². The molecular weight excluding hydrogens is 448 g/mol. The highest BCUT2D eigenvalue weighted by atomic mass is 16.5. The highest BCUT2D eigenvalue weighted by Gasteiger charge is 2.57. The molecule has 1 unspecified atom stereocenters. The van der Waals surface area contributed by atoms with E-state index in [2.05, 4.69) is 17.4 Å². The molecule has 2 saturated heterocycles. The third-order valence-electron chi connectivity index (χ3n) is 7.57. The lowest BCUT2D eigenvalue weighted by Gasteiger charge is -2.54. The molecule has 0 saturated carbocycles. The summed E-state index contributed by atoms with van der Waals surface area (Å²) < 4.78 is 11.1. The van der Waals surface area contributed by atoms with Crippen LogP contribution in [0.1, 0.15) is 43.7 Å². The Balaban J connectivity index is 1.32. The van der Waals surface area contributed by atoms with Crippen LogP contribution in [0.25, 0.3) is 11.1 Å². The molecule has 2 aromatic rings. The van der Waals surface area contributed by atoms with E-state index in [4.69, 9.17) is 9.47 Å². The molecule has 2 aliphatic heterocycles. The summed E-state index contributed by atoms with van der Waals surface area (Å²) in [5.41, 5.74) is 2.69. The van der Waals surface area contributed by atoms with Crippen molar-refractivity contribution in [3.05, 3.63) is 59.7 Å². The lowest BCUT2D eigenvalue weighted by atomic mass is 9.73. The zero-order valence-electron chi connectivity index (χ0n) is 20.0. The Kier molecular flexibility index (Phi) is 5.79. The smallest absolute Gasteiger partial charge is 0.408 e. The Bertz CT molecular complexity index is 1120. The molecule has 184 valence electrons. The standard InChI is InChI=1S/C27H30N2O6/c1-26(2)16-29(22(26)23(30)31)24(32)27(11-13-34-14-12-27)28-25(33)35-15-21-19-9-5-3-7-17(19)18-8-4-6-10-20(18)21/h3-10,21-22H,11-16H2,1-2H3,(H,28,33)(H,30,31). The van der Waals surface area contributed by atoms with Crippen LogP contribution in [0.4, 0.5) is 4.79 Å². The maximum atomic E-state index is 13.6. The highest BCUT2D eigenvalue weighted by Crippen LogP contribution is 2.44. The number of hydrogen-bond acceptors (Lipinski definition) is 5. The predicted molar refractivity (Wildman–Crippen MR) is 128 cm³/mol. The number of likely N-dealkylation sites (tertiary alicyclic amines) is 1. The van der Waals surface area contributed by atoms with E-state index in [1.807, 2.05) is 50.2 Å². The van der Waals surface area contributed by atoms with E-state index in [1.54, 1.807) is 0 Å². The van der Waals surface area contributed by atoms with Crippen LogP contribution in [0.3, 0.4) is 0 Å². The van der Waals surface area contributed by atoms with Gasteiger partial charge in [-0.25, -0.2) is 9.59 Å². The Morgan fingerprint density at radius 2 is 1.60 bits per heavy atom. The minimum absolute atomic E-state index is 0.0953. The van der Waals surface area contributed by atoms with Crippen molar-refractivity contribution in [1.82, 2.24) is 10.2 Å². The van der Waals surface area contributed by atoms with Gasteiger partial charge in [0, 0.05) is 43.9 Å². The zero-order chi connectivity index (χ0) is 24.8. The molecule has 0 radical (unpaired) electrons. The van der Waals surface area contributed by atoms with Crippen molar-refractivity contribution in [1.29, 1.82) is 0 Å². The molecule has 2 heterocycles. The molecule has 0 aromatic heterocycles. The first-order chi connectivity index (χ1) is 16.7. The topological polar surface area (TPSA) is 105 Å². The Hall–Kier alpha value is -3.39. The minimum Gasteiger partial charge on any atom is -0.480 e. The number of carboxylic acid groups (broad SMARTS) is 1. The van der Waals surface area contributed by atoms with E-state index in [-0.39, 0.29) is 31.3 Å². The molecule has 2 fully saturated rings. The third-order valence-corrected chi connectivity index (χ3v) is 7.57. The van der Waals surface area contributed by atoms with Crippen LogP contribution in [0.5, 0.6) is 0 Å². The lowest BCUT2D eigenvalue weighted by Crippen LogP contribution is -2.73. The molecule has 8 nitrogen and oxygen atoms in total. The minimum atomic E-state index is -1.25. The van der Waals surface area contributed by atoms with Crippen LogP contribution in [-0.2, 0) is 19.1 Å². The van der Waals surface area contributed by atoms with Crippen molar-refractivity contribution >= 4 is 18.0 Å². The van der Waals surface area contributed by atoms with Gasteiger partial charge in [0.05, 0.1) is 0 Å². The predicted octanol–water partition coefficient (Wildman–Crippen LogP) is 3.40. The first-order valence-corrected chi connectivity index (χ1v) is 12.0. The number of nitrogens with zero attached hydrogens (tertiary/aromatic N) is 1. The van der Waals surface area contributed by atoms with Gasteiger partial charge in [-0.05, 0) is 22.3 Å². The summed E-state index contributed by atoms with van der Waals surface area (Å²) in [6.45, 7) is 4.69. The van der Waals surface area contributed by atoms with Gasteiger partial charge >= 0.3 is 12.1 Å². The summed E-state index contributed by atoms with van der Waals surface area (Å²) in [6.07, 6.45) is -0.160. The van der Waals surface area contributed by atoms with Crippen LogP contribution >= 0.6 is 0 Å². The van der Waals surface area contributed by atoms with Gasteiger partial charge < -0.3 is 24.8 Å². The Morgan fingerprint density at radius 1 is 1.03 bits per heavy atom. The molecule has 2 amide bonds. The number of hydrogen-bond donors (Lipinski definition) is 2. The van der Waals surface area contributed by atoms with Crippen LogP contribution < -0.4 is 5.32 Å². The zero-order valence-corrected chi connectivity index (χ0v) is 20.0. The lowest BCUT2D eigenvalue weighted by molar-refractivity contribution is -0.177. The summed E-state index contributed by atoms with van der Waals surface area (Å²) in [6, 6.07) is 15.2. The van der Waals surface area contributed by atoms with Gasteiger partial charge in [0.25, 0.3) is 0 Å². The molecule has 35 heavy (non-hydrogen) atoms. The number of ether oxygens (including phenoxy) is 2. The van der Waals surface area contributed by atoms with E-state index in [9.17, 15) is 19.5 Å². The van der Waals surface area contributed by atoms with Crippen molar-refractivity contribution < 1.29 is 29.0 Å². The molecule has 1 aliphatic carbocycles. The normalized spacial score (nSPS) is 21.9. The van der Waals surface area contributed by atoms with Crippen molar-refractivity contribution in [2.45, 2.75) is 44.2 Å². The molecule has 8 heteroatoms. The average molecular weight is 479 g/mol.